The second-order valence-corrected chi connectivity index (χ2v) is 8.41. The van der Waals surface area contributed by atoms with Crippen molar-refractivity contribution >= 4 is 23.2 Å². The second-order valence-electron chi connectivity index (χ2n) is 8.41. The van der Waals surface area contributed by atoms with Crippen LogP contribution in [0.3, 0.4) is 0 Å². The van der Waals surface area contributed by atoms with Gasteiger partial charge in [-0.05, 0) is 59.8 Å². The normalized spacial score (nSPS) is 46.3. The number of aromatic nitrogens is 2. The van der Waals surface area contributed by atoms with Crippen LogP contribution in [0.5, 0.6) is 0 Å². The van der Waals surface area contributed by atoms with Crippen LogP contribution in [0.1, 0.15) is 0 Å². The molecule has 0 bridgehead atoms. The molecule has 0 spiro atoms. The molecule has 0 radical (unpaired) electrons. The first-order valence-electron chi connectivity index (χ1n) is 9.16. The summed E-state index contributed by atoms with van der Waals surface area (Å²) < 4.78 is 0. The van der Waals surface area contributed by atoms with Crippen molar-refractivity contribution in [3.8, 4) is 0 Å². The first-order valence-corrected chi connectivity index (χ1v) is 9.16. The largest absolute Gasteiger partial charge is 0.324 e. The molecule has 2 N–H and O–H groups in total. The van der Waals surface area contributed by atoms with E-state index in [0.717, 1.165) is 11.4 Å². The van der Waals surface area contributed by atoms with E-state index < -0.39 is 0 Å². The Morgan fingerprint density at radius 2 is 1.12 bits per heavy atom. The summed E-state index contributed by atoms with van der Waals surface area (Å²) in [6.07, 6.45) is 6.76. The van der Waals surface area contributed by atoms with E-state index in [-0.39, 0.29) is 22.6 Å². The van der Waals surface area contributed by atoms with Gasteiger partial charge >= 0.3 is 0 Å². The third-order valence-corrected chi connectivity index (χ3v) is 8.26. The van der Waals surface area contributed by atoms with E-state index in [0.29, 0.717) is 35.5 Å². The maximum atomic E-state index is 12.9. The van der Waals surface area contributed by atoms with Crippen molar-refractivity contribution in [1.82, 2.24) is 9.97 Å². The Bertz CT molecular complexity index is 854. The molecule has 2 amide bonds. The molecule has 6 aliphatic rings. The van der Waals surface area contributed by atoms with Crippen LogP contribution in [0.4, 0.5) is 11.4 Å². The highest BCUT2D eigenvalue weighted by Crippen LogP contribution is 3.10. The van der Waals surface area contributed by atoms with Gasteiger partial charge in [-0.1, -0.05) is 0 Å². The Balaban J connectivity index is 1.11. The molecule has 8 rings (SSSR count). The Labute approximate surface area is 149 Å². The van der Waals surface area contributed by atoms with Gasteiger partial charge in [-0.15, -0.1) is 0 Å². The van der Waals surface area contributed by atoms with Crippen molar-refractivity contribution < 1.29 is 9.59 Å². The topological polar surface area (TPSA) is 84.0 Å². The molecule has 6 saturated carbocycles. The van der Waals surface area contributed by atoms with Crippen molar-refractivity contribution in [2.75, 3.05) is 10.6 Å². The fraction of sp³-hybridized carbons (Fsp3) is 0.400. The summed E-state index contributed by atoms with van der Waals surface area (Å²) in [5.74, 6) is 2.79. The maximum Gasteiger partial charge on any atom is 0.231 e. The van der Waals surface area contributed by atoms with Crippen molar-refractivity contribution in [3.63, 3.8) is 0 Å². The van der Waals surface area contributed by atoms with Gasteiger partial charge in [-0.3, -0.25) is 19.6 Å². The lowest BCUT2D eigenvalue weighted by molar-refractivity contribution is -0.622. The van der Waals surface area contributed by atoms with Crippen molar-refractivity contribution in [2.45, 2.75) is 0 Å². The first-order chi connectivity index (χ1) is 12.7. The van der Waals surface area contributed by atoms with E-state index in [2.05, 4.69) is 20.6 Å². The minimum Gasteiger partial charge on any atom is -0.324 e. The van der Waals surface area contributed by atoms with Crippen LogP contribution >= 0.6 is 0 Å². The van der Waals surface area contributed by atoms with Crippen molar-refractivity contribution in [3.05, 3.63) is 49.1 Å². The average Bonchev–Trinajstić information content (AvgIpc) is 2.69. The summed E-state index contributed by atoms with van der Waals surface area (Å²) in [5.41, 5.74) is 1.17. The smallest absolute Gasteiger partial charge is 0.231 e. The lowest BCUT2D eigenvalue weighted by Crippen LogP contribution is -3.12. The predicted octanol–water partition coefficient (Wildman–Crippen LogP) is 1.79. The zero-order valence-corrected chi connectivity index (χ0v) is 13.8. The fourth-order valence-corrected chi connectivity index (χ4v) is 7.79. The summed E-state index contributed by atoms with van der Waals surface area (Å²) >= 11 is 0. The molecule has 2 heterocycles. The lowest BCUT2D eigenvalue weighted by Gasteiger charge is -3.09. The first kappa shape index (κ1) is 13.4. The zero-order chi connectivity index (χ0) is 17.3. The molecule has 0 unspecified atom stereocenters. The SMILES string of the molecule is O=C(Nc1cccnc1)C12C3C4C1C1C2C3C41C(=O)Nc1cccnc1. The van der Waals surface area contributed by atoms with Gasteiger partial charge in [-0.25, -0.2) is 0 Å². The summed E-state index contributed by atoms with van der Waals surface area (Å²) in [4.78, 5) is 33.9. The van der Waals surface area contributed by atoms with Gasteiger partial charge in [0.1, 0.15) is 0 Å². The predicted molar refractivity (Wildman–Crippen MR) is 91.5 cm³/mol. The highest BCUT2D eigenvalue weighted by molar-refractivity contribution is 6.08. The minimum atomic E-state index is -0.174. The van der Waals surface area contributed by atoms with E-state index in [1.54, 1.807) is 24.8 Å². The molecule has 6 heteroatoms. The molecule has 2 aromatic rings. The van der Waals surface area contributed by atoms with E-state index >= 15 is 0 Å². The number of pyridine rings is 2. The van der Waals surface area contributed by atoms with Crippen LogP contribution < -0.4 is 10.6 Å². The monoisotopic (exact) mass is 344 g/mol. The van der Waals surface area contributed by atoms with Gasteiger partial charge < -0.3 is 10.6 Å². The number of hydrogen-bond acceptors (Lipinski definition) is 4. The maximum absolute atomic E-state index is 12.9. The number of anilines is 2. The standard InChI is InChI=1S/C20H16N4O2/c25-17(23-9-3-1-5-21-7-9)19-11-14-12(19)16-13(19)15(11)20(14,16)18(26)24-10-4-2-6-22-8-10/h1-8,11-16H,(H,23,25)(H,24,26). The lowest BCUT2D eigenvalue weighted by atomic mass is 8.92. The highest BCUT2D eigenvalue weighted by atomic mass is 16.2. The number of carbonyl (C=O) groups excluding carboxylic acids is 2. The Morgan fingerprint density at radius 1 is 0.731 bits per heavy atom. The molecule has 2 aromatic heterocycles. The van der Waals surface area contributed by atoms with Crippen LogP contribution in [0.2, 0.25) is 0 Å². The molecule has 0 saturated heterocycles. The molecule has 6 aliphatic carbocycles. The Kier molecular flexibility index (Phi) is 1.98. The van der Waals surface area contributed by atoms with Gasteiger partial charge in [-0.2, -0.15) is 0 Å². The highest BCUT2D eigenvalue weighted by Gasteiger charge is 3.12. The number of nitrogens with zero attached hydrogens (tertiary/aromatic N) is 2. The van der Waals surface area contributed by atoms with Crippen LogP contribution in [0.15, 0.2) is 49.1 Å². The Morgan fingerprint density at radius 3 is 1.42 bits per heavy atom. The molecule has 6 nitrogen and oxygen atoms in total. The number of amides is 2. The quantitative estimate of drug-likeness (QED) is 0.886. The van der Waals surface area contributed by atoms with Gasteiger partial charge in [0.25, 0.3) is 0 Å². The van der Waals surface area contributed by atoms with E-state index in [9.17, 15) is 9.59 Å². The van der Waals surface area contributed by atoms with E-state index in [1.807, 2.05) is 24.3 Å². The fourth-order valence-electron chi connectivity index (χ4n) is 7.79. The molecule has 6 fully saturated rings. The summed E-state index contributed by atoms with van der Waals surface area (Å²) in [6, 6.07) is 7.39. The van der Waals surface area contributed by atoms with Gasteiger partial charge in [0, 0.05) is 12.4 Å². The van der Waals surface area contributed by atoms with Gasteiger partial charge in [0.2, 0.25) is 11.8 Å². The summed E-state index contributed by atoms with van der Waals surface area (Å²) in [6.45, 7) is 0. The van der Waals surface area contributed by atoms with Crippen LogP contribution in [0, 0.1) is 46.3 Å². The summed E-state index contributed by atoms with van der Waals surface area (Å²) in [7, 11) is 0. The van der Waals surface area contributed by atoms with Crippen LogP contribution in [0.25, 0.3) is 0 Å². The van der Waals surface area contributed by atoms with Crippen LogP contribution in [-0.2, 0) is 9.59 Å². The zero-order valence-electron chi connectivity index (χ0n) is 13.8. The molecule has 128 valence electrons. The number of carbonyl (C=O) groups is 2. The van der Waals surface area contributed by atoms with Gasteiger partial charge in [0.05, 0.1) is 34.6 Å². The molecular weight excluding hydrogens is 328 g/mol. The van der Waals surface area contributed by atoms with E-state index in [1.165, 1.54) is 0 Å². The average molecular weight is 344 g/mol. The molecule has 0 aliphatic heterocycles. The minimum absolute atomic E-state index is 0.148. The van der Waals surface area contributed by atoms with Crippen molar-refractivity contribution in [2.24, 2.45) is 46.3 Å². The number of rotatable bonds is 4. The second kappa shape index (κ2) is 3.82. The summed E-state index contributed by atoms with van der Waals surface area (Å²) in [5, 5.41) is 6.10. The third-order valence-electron chi connectivity index (χ3n) is 8.26. The molecular formula is C20H16N4O2. The molecule has 26 heavy (non-hydrogen) atoms. The van der Waals surface area contributed by atoms with Crippen molar-refractivity contribution in [1.29, 1.82) is 0 Å². The van der Waals surface area contributed by atoms with E-state index in [4.69, 9.17) is 0 Å². The number of hydrogen-bond donors (Lipinski definition) is 2. The van der Waals surface area contributed by atoms with Crippen LogP contribution in [-0.4, -0.2) is 21.8 Å². The van der Waals surface area contributed by atoms with Gasteiger partial charge in [0.15, 0.2) is 0 Å². The third kappa shape index (κ3) is 1.00. The molecule has 0 aromatic carbocycles. The number of nitrogens with one attached hydrogen (secondary N) is 2. The molecule has 0 atom stereocenters. The Hall–Kier alpha value is -2.76.